The SMILES string of the molecule is CCOC(=O)Cc1ncc(C(F)F)c(Cl)c1Br. The first-order chi connectivity index (χ1) is 7.97. The first kappa shape index (κ1) is 14.3. The van der Waals surface area contributed by atoms with Gasteiger partial charge in [0.05, 0.1) is 33.8 Å². The van der Waals surface area contributed by atoms with Crippen molar-refractivity contribution in [2.24, 2.45) is 0 Å². The van der Waals surface area contributed by atoms with Crippen LogP contribution >= 0.6 is 27.5 Å². The van der Waals surface area contributed by atoms with Gasteiger partial charge in [-0.05, 0) is 22.9 Å². The van der Waals surface area contributed by atoms with E-state index in [1.165, 1.54) is 0 Å². The average molecular weight is 329 g/mol. The smallest absolute Gasteiger partial charge is 0.311 e. The first-order valence-electron chi connectivity index (χ1n) is 4.73. The second-order valence-electron chi connectivity index (χ2n) is 3.07. The molecular formula is C10H9BrClF2NO2. The standard InChI is InChI=1S/C10H9BrClF2NO2/c1-2-17-7(16)3-6-8(11)9(12)5(4-15-6)10(13)14/h4,10H,2-3H2,1H3. The van der Waals surface area contributed by atoms with Gasteiger partial charge in [0.15, 0.2) is 0 Å². The zero-order valence-corrected chi connectivity index (χ0v) is 11.2. The monoisotopic (exact) mass is 327 g/mol. The molecule has 0 aliphatic carbocycles. The molecule has 0 unspecified atom stereocenters. The van der Waals surface area contributed by atoms with Crippen molar-refractivity contribution in [2.45, 2.75) is 19.8 Å². The molecule has 0 fully saturated rings. The molecule has 94 valence electrons. The van der Waals surface area contributed by atoms with Crippen LogP contribution in [0.25, 0.3) is 0 Å². The Bertz CT molecular complexity index is 429. The van der Waals surface area contributed by atoms with Crippen LogP contribution in [0.3, 0.4) is 0 Å². The van der Waals surface area contributed by atoms with Gasteiger partial charge in [-0.2, -0.15) is 0 Å². The lowest BCUT2D eigenvalue weighted by Gasteiger charge is -2.08. The maximum absolute atomic E-state index is 12.5. The van der Waals surface area contributed by atoms with E-state index in [-0.39, 0.29) is 33.8 Å². The highest BCUT2D eigenvalue weighted by atomic mass is 79.9. The summed E-state index contributed by atoms with van der Waals surface area (Å²) < 4.78 is 29.9. The lowest BCUT2D eigenvalue weighted by molar-refractivity contribution is -0.142. The molecule has 0 radical (unpaired) electrons. The molecule has 0 atom stereocenters. The quantitative estimate of drug-likeness (QED) is 0.794. The van der Waals surface area contributed by atoms with Crippen LogP contribution in [0.15, 0.2) is 10.7 Å². The van der Waals surface area contributed by atoms with Crippen molar-refractivity contribution in [3.8, 4) is 0 Å². The minimum atomic E-state index is -2.71. The normalized spacial score (nSPS) is 10.7. The van der Waals surface area contributed by atoms with Gasteiger partial charge >= 0.3 is 5.97 Å². The van der Waals surface area contributed by atoms with Crippen LogP contribution in [-0.2, 0) is 16.0 Å². The summed E-state index contributed by atoms with van der Waals surface area (Å²) in [6, 6.07) is 0. The summed E-state index contributed by atoms with van der Waals surface area (Å²) in [6.45, 7) is 1.92. The van der Waals surface area contributed by atoms with Gasteiger partial charge in [-0.25, -0.2) is 8.78 Å². The van der Waals surface area contributed by atoms with Crippen molar-refractivity contribution < 1.29 is 18.3 Å². The fourth-order valence-electron chi connectivity index (χ4n) is 1.14. The predicted molar refractivity (Wildman–Crippen MR) is 62.2 cm³/mol. The number of pyridine rings is 1. The van der Waals surface area contributed by atoms with Crippen molar-refractivity contribution in [1.82, 2.24) is 4.98 Å². The molecule has 0 N–H and O–H groups in total. The summed E-state index contributed by atoms with van der Waals surface area (Å²) in [5.74, 6) is -0.485. The summed E-state index contributed by atoms with van der Waals surface area (Å²) in [5.41, 5.74) is -0.0935. The molecule has 1 aromatic heterocycles. The van der Waals surface area contributed by atoms with Gasteiger partial charge in [0, 0.05) is 6.20 Å². The van der Waals surface area contributed by atoms with Gasteiger partial charge in [0.1, 0.15) is 0 Å². The summed E-state index contributed by atoms with van der Waals surface area (Å²) in [4.78, 5) is 15.0. The van der Waals surface area contributed by atoms with Crippen LogP contribution in [0.4, 0.5) is 8.78 Å². The number of aromatic nitrogens is 1. The molecule has 1 aromatic rings. The predicted octanol–water partition coefficient (Wildman–Crippen LogP) is 3.54. The highest BCUT2D eigenvalue weighted by Gasteiger charge is 2.19. The Morgan fingerprint density at radius 2 is 2.29 bits per heavy atom. The molecule has 7 heteroatoms. The zero-order valence-electron chi connectivity index (χ0n) is 8.84. The van der Waals surface area contributed by atoms with E-state index in [1.807, 2.05) is 0 Å². The molecule has 0 saturated heterocycles. The Morgan fingerprint density at radius 1 is 1.65 bits per heavy atom. The van der Waals surface area contributed by atoms with Crippen molar-refractivity contribution >= 4 is 33.5 Å². The van der Waals surface area contributed by atoms with Crippen LogP contribution in [0.1, 0.15) is 24.6 Å². The Hall–Kier alpha value is -0.750. The maximum Gasteiger partial charge on any atom is 0.311 e. The molecule has 3 nitrogen and oxygen atoms in total. The fraction of sp³-hybridized carbons (Fsp3) is 0.400. The average Bonchev–Trinajstić information content (AvgIpc) is 2.25. The summed E-state index contributed by atoms with van der Waals surface area (Å²) >= 11 is 8.78. The third-order valence-electron chi connectivity index (χ3n) is 1.91. The minimum absolute atomic E-state index is 0.113. The van der Waals surface area contributed by atoms with E-state index >= 15 is 0 Å². The molecular weight excluding hydrogens is 319 g/mol. The van der Waals surface area contributed by atoms with Crippen molar-refractivity contribution in [1.29, 1.82) is 0 Å². The third-order valence-corrected chi connectivity index (χ3v) is 3.40. The maximum atomic E-state index is 12.5. The van der Waals surface area contributed by atoms with Crippen LogP contribution in [-0.4, -0.2) is 17.6 Å². The van der Waals surface area contributed by atoms with Gasteiger partial charge in [0.2, 0.25) is 0 Å². The molecule has 17 heavy (non-hydrogen) atoms. The van der Waals surface area contributed by atoms with Gasteiger partial charge in [-0.3, -0.25) is 9.78 Å². The van der Waals surface area contributed by atoms with Crippen LogP contribution in [0.2, 0.25) is 5.02 Å². The Kier molecular flexibility index (Phi) is 5.27. The molecule has 0 saturated carbocycles. The number of carbonyl (C=O) groups is 1. The fourth-order valence-corrected chi connectivity index (χ4v) is 1.85. The second-order valence-corrected chi connectivity index (χ2v) is 4.24. The van der Waals surface area contributed by atoms with E-state index in [2.05, 4.69) is 20.9 Å². The van der Waals surface area contributed by atoms with E-state index in [0.29, 0.717) is 0 Å². The topological polar surface area (TPSA) is 39.2 Å². The number of halogens is 4. The Balaban J connectivity index is 2.96. The minimum Gasteiger partial charge on any atom is -0.466 e. The number of hydrogen-bond donors (Lipinski definition) is 0. The lowest BCUT2D eigenvalue weighted by Crippen LogP contribution is -2.10. The molecule has 0 aliphatic heterocycles. The molecule has 1 heterocycles. The number of ether oxygens (including phenoxy) is 1. The summed E-state index contributed by atoms with van der Waals surface area (Å²) in [6.07, 6.45) is -1.85. The molecule has 0 bridgehead atoms. The third kappa shape index (κ3) is 3.61. The van der Waals surface area contributed by atoms with E-state index in [1.54, 1.807) is 6.92 Å². The highest BCUT2D eigenvalue weighted by molar-refractivity contribution is 9.10. The van der Waals surface area contributed by atoms with E-state index in [4.69, 9.17) is 16.3 Å². The van der Waals surface area contributed by atoms with Crippen molar-refractivity contribution in [3.05, 3.63) is 26.9 Å². The van der Waals surface area contributed by atoms with Crippen molar-refractivity contribution in [2.75, 3.05) is 6.61 Å². The van der Waals surface area contributed by atoms with Gasteiger partial charge in [0.25, 0.3) is 6.43 Å². The number of nitrogens with zero attached hydrogens (tertiary/aromatic N) is 1. The molecule has 0 spiro atoms. The van der Waals surface area contributed by atoms with Crippen LogP contribution in [0.5, 0.6) is 0 Å². The number of hydrogen-bond acceptors (Lipinski definition) is 3. The van der Waals surface area contributed by atoms with Crippen LogP contribution in [0, 0.1) is 0 Å². The number of alkyl halides is 2. The number of carbonyl (C=O) groups excluding carboxylic acids is 1. The van der Waals surface area contributed by atoms with E-state index in [0.717, 1.165) is 6.20 Å². The second kappa shape index (κ2) is 6.26. The molecule has 0 aliphatic rings. The number of esters is 1. The molecule has 0 aromatic carbocycles. The molecule has 0 amide bonds. The summed E-state index contributed by atoms with van der Waals surface area (Å²) in [5, 5.41) is -0.130. The van der Waals surface area contributed by atoms with Gasteiger partial charge in [-0.1, -0.05) is 11.6 Å². The first-order valence-corrected chi connectivity index (χ1v) is 5.91. The van der Waals surface area contributed by atoms with Crippen LogP contribution < -0.4 is 0 Å². The zero-order chi connectivity index (χ0) is 13.0. The van der Waals surface area contributed by atoms with E-state index in [9.17, 15) is 13.6 Å². The van der Waals surface area contributed by atoms with Gasteiger partial charge in [-0.15, -0.1) is 0 Å². The molecule has 1 rings (SSSR count). The number of rotatable bonds is 4. The lowest BCUT2D eigenvalue weighted by atomic mass is 10.2. The van der Waals surface area contributed by atoms with Crippen molar-refractivity contribution in [3.63, 3.8) is 0 Å². The van der Waals surface area contributed by atoms with Gasteiger partial charge < -0.3 is 4.74 Å². The Morgan fingerprint density at radius 3 is 2.82 bits per heavy atom. The van der Waals surface area contributed by atoms with E-state index < -0.39 is 12.4 Å². The largest absolute Gasteiger partial charge is 0.466 e. The highest BCUT2D eigenvalue weighted by Crippen LogP contribution is 2.34. The summed E-state index contributed by atoms with van der Waals surface area (Å²) in [7, 11) is 0. The Labute approximate surface area is 110 Å².